The average Bonchev–Trinajstić information content (AvgIpc) is 2.87. The molecule has 3 atom stereocenters. The number of alkyl halides is 2. The molecule has 0 amide bonds. The zero-order valence-corrected chi connectivity index (χ0v) is 22.2. The van der Waals surface area contributed by atoms with Gasteiger partial charge in [-0.15, -0.1) is 0 Å². The molecule has 2 aromatic heterocycles. The van der Waals surface area contributed by atoms with Gasteiger partial charge in [0, 0.05) is 24.7 Å². The second-order valence-electron chi connectivity index (χ2n) is 8.40. The molecule has 1 aliphatic heterocycles. The van der Waals surface area contributed by atoms with Crippen LogP contribution in [0, 0.1) is 5.92 Å². The van der Waals surface area contributed by atoms with Crippen LogP contribution in [-0.2, 0) is 11.0 Å². The topological polar surface area (TPSA) is 101 Å². The number of allylic oxidation sites excluding steroid dienone is 2. The van der Waals surface area contributed by atoms with Gasteiger partial charge in [-0.3, -0.25) is 4.72 Å². The van der Waals surface area contributed by atoms with Gasteiger partial charge in [0.1, 0.15) is 17.3 Å². The predicted molar refractivity (Wildman–Crippen MR) is 143 cm³/mol. The van der Waals surface area contributed by atoms with E-state index in [-0.39, 0.29) is 17.8 Å². The summed E-state index contributed by atoms with van der Waals surface area (Å²) in [6.07, 6.45) is 6.08. The number of anilines is 2. The Hall–Kier alpha value is -2.57. The lowest BCUT2D eigenvalue weighted by molar-refractivity contribution is 0.244. The highest BCUT2D eigenvalue weighted by atomic mass is 32.2. The maximum absolute atomic E-state index is 12.6. The lowest BCUT2D eigenvalue weighted by Gasteiger charge is -2.24. The van der Waals surface area contributed by atoms with Crippen molar-refractivity contribution in [1.29, 1.82) is 0 Å². The summed E-state index contributed by atoms with van der Waals surface area (Å²) in [6.45, 7) is 12.0. The molecule has 12 heteroatoms. The van der Waals surface area contributed by atoms with Gasteiger partial charge in [-0.1, -0.05) is 32.2 Å². The van der Waals surface area contributed by atoms with Crippen molar-refractivity contribution < 1.29 is 17.7 Å². The van der Waals surface area contributed by atoms with Gasteiger partial charge in [-0.05, 0) is 55.8 Å². The van der Waals surface area contributed by atoms with Gasteiger partial charge >= 0.3 is 5.76 Å². The third-order valence-electron chi connectivity index (χ3n) is 5.41. The smallest absolute Gasteiger partial charge is 0.330 e. The number of halogens is 2. The van der Waals surface area contributed by atoms with Crippen LogP contribution in [0.5, 0.6) is 5.75 Å². The zero-order valence-electron chi connectivity index (χ0n) is 20.6. The third kappa shape index (κ3) is 8.24. The minimum atomic E-state index is -3.01. The van der Waals surface area contributed by atoms with Gasteiger partial charge in [-0.25, -0.2) is 19.2 Å². The number of nitrogens with one attached hydrogen (secondary N) is 3. The molecule has 3 unspecified atom stereocenters. The SMILES string of the molecule is C=C(C)S/C(=C(/Oc1ccc(NS(=O)C(F)F)nc1)C(C)CC)c1ccnc(NC2CCCNC2)n1. The molecule has 1 fully saturated rings. The first kappa shape index (κ1) is 28.0. The molecule has 0 aliphatic carbocycles. The highest BCUT2D eigenvalue weighted by molar-refractivity contribution is 8.11. The highest BCUT2D eigenvalue weighted by Crippen LogP contribution is 2.39. The number of thioether (sulfide) groups is 1. The minimum Gasteiger partial charge on any atom is -0.459 e. The molecule has 2 aromatic rings. The maximum Gasteiger partial charge on any atom is 0.330 e. The fraction of sp³-hybridized carbons (Fsp3) is 0.458. The summed E-state index contributed by atoms with van der Waals surface area (Å²) >= 11 is 1.47. The number of aromatic nitrogens is 3. The minimum absolute atomic E-state index is 0.0323. The average molecular weight is 539 g/mol. The van der Waals surface area contributed by atoms with Crippen molar-refractivity contribution >= 4 is 39.4 Å². The molecule has 8 nitrogen and oxygen atoms in total. The van der Waals surface area contributed by atoms with Crippen LogP contribution in [0.25, 0.3) is 4.91 Å². The van der Waals surface area contributed by atoms with Crippen molar-refractivity contribution in [1.82, 2.24) is 20.3 Å². The lowest BCUT2D eigenvalue weighted by atomic mass is 10.1. The highest BCUT2D eigenvalue weighted by Gasteiger charge is 2.22. The van der Waals surface area contributed by atoms with Gasteiger partial charge in [-0.2, -0.15) is 8.78 Å². The van der Waals surface area contributed by atoms with E-state index in [1.807, 2.05) is 13.0 Å². The summed E-state index contributed by atoms with van der Waals surface area (Å²) in [5.74, 6) is -1.26. The first-order valence-corrected chi connectivity index (χ1v) is 13.8. The molecule has 3 N–H and O–H groups in total. The Labute approximate surface area is 217 Å². The summed E-state index contributed by atoms with van der Waals surface area (Å²) in [5, 5.41) is 6.79. The molecular formula is C24H32F2N6O2S2. The maximum atomic E-state index is 12.6. The van der Waals surface area contributed by atoms with Crippen LogP contribution in [0.1, 0.15) is 45.7 Å². The summed E-state index contributed by atoms with van der Waals surface area (Å²) in [5.41, 5.74) is 0.707. The van der Waals surface area contributed by atoms with Crippen molar-refractivity contribution in [3.8, 4) is 5.75 Å². The molecule has 0 spiro atoms. The molecule has 0 saturated carbocycles. The Kier molecular flexibility index (Phi) is 10.6. The number of pyridine rings is 1. The number of hydrogen-bond donors (Lipinski definition) is 3. The molecule has 0 radical (unpaired) electrons. The summed E-state index contributed by atoms with van der Waals surface area (Å²) in [6, 6.07) is 5.14. The van der Waals surface area contributed by atoms with Gasteiger partial charge in [0.15, 0.2) is 11.0 Å². The van der Waals surface area contributed by atoms with Crippen LogP contribution in [-0.4, -0.2) is 44.0 Å². The van der Waals surface area contributed by atoms with Crippen LogP contribution in [0.3, 0.4) is 0 Å². The van der Waals surface area contributed by atoms with E-state index in [2.05, 4.69) is 45.8 Å². The molecule has 1 saturated heterocycles. The van der Waals surface area contributed by atoms with Crippen LogP contribution >= 0.6 is 11.8 Å². The number of nitrogens with zero attached hydrogens (tertiary/aromatic N) is 3. The fourth-order valence-electron chi connectivity index (χ4n) is 3.45. The molecular weight excluding hydrogens is 506 g/mol. The number of piperidine rings is 1. The van der Waals surface area contributed by atoms with E-state index in [9.17, 15) is 13.0 Å². The van der Waals surface area contributed by atoms with E-state index in [4.69, 9.17) is 9.72 Å². The number of rotatable bonds is 12. The van der Waals surface area contributed by atoms with E-state index < -0.39 is 16.7 Å². The largest absolute Gasteiger partial charge is 0.459 e. The molecule has 0 bridgehead atoms. The van der Waals surface area contributed by atoms with E-state index in [1.165, 1.54) is 24.0 Å². The Morgan fingerprint density at radius 2 is 2.17 bits per heavy atom. The molecule has 3 heterocycles. The molecule has 0 aromatic carbocycles. The van der Waals surface area contributed by atoms with Gasteiger partial charge in [0.2, 0.25) is 5.95 Å². The molecule has 1 aliphatic rings. The third-order valence-corrected chi connectivity index (χ3v) is 7.11. The Morgan fingerprint density at radius 3 is 2.78 bits per heavy atom. The van der Waals surface area contributed by atoms with Gasteiger partial charge in [0.05, 0.1) is 16.8 Å². The Balaban J connectivity index is 1.92. The lowest BCUT2D eigenvalue weighted by Crippen LogP contribution is -2.38. The summed E-state index contributed by atoms with van der Waals surface area (Å²) in [4.78, 5) is 14.9. The Morgan fingerprint density at radius 1 is 1.36 bits per heavy atom. The number of ether oxygens (including phenoxy) is 1. The summed E-state index contributed by atoms with van der Waals surface area (Å²) in [7, 11) is -2.53. The van der Waals surface area contributed by atoms with Crippen molar-refractivity contribution in [3.63, 3.8) is 0 Å². The second-order valence-corrected chi connectivity index (χ2v) is 10.9. The molecule has 196 valence electrons. The zero-order chi connectivity index (χ0) is 26.1. The standard InChI is InChI=1S/C24H32F2N6O2S2/c1-5-16(4)21(34-18-8-9-20(29-14-18)32-36(33)23(25)26)22(35-15(2)3)19-10-12-28-24(31-19)30-17-7-6-11-27-13-17/h8-10,12,14,16-17,23,27H,2,5-7,11,13H2,1,3-4H3,(H,29,32)(H,28,30,31)/b22-21+. The second kappa shape index (κ2) is 13.7. The van der Waals surface area contributed by atoms with E-state index in [0.717, 1.165) is 42.2 Å². The van der Waals surface area contributed by atoms with Crippen molar-refractivity contribution in [2.24, 2.45) is 5.92 Å². The summed E-state index contributed by atoms with van der Waals surface area (Å²) < 4.78 is 44.9. The van der Waals surface area contributed by atoms with Crippen LogP contribution in [0.2, 0.25) is 0 Å². The first-order valence-electron chi connectivity index (χ1n) is 11.7. The first-order chi connectivity index (χ1) is 17.3. The number of hydrogen-bond acceptors (Lipinski definition) is 8. The van der Waals surface area contributed by atoms with E-state index in [1.54, 1.807) is 12.3 Å². The van der Waals surface area contributed by atoms with Gasteiger partial charge in [0.25, 0.3) is 0 Å². The van der Waals surface area contributed by atoms with E-state index >= 15 is 0 Å². The van der Waals surface area contributed by atoms with Crippen LogP contribution in [0.4, 0.5) is 20.5 Å². The monoisotopic (exact) mass is 538 g/mol. The van der Waals surface area contributed by atoms with E-state index in [0.29, 0.717) is 23.2 Å². The van der Waals surface area contributed by atoms with Crippen molar-refractivity contribution in [3.05, 3.63) is 53.5 Å². The molecule has 36 heavy (non-hydrogen) atoms. The van der Waals surface area contributed by atoms with Gasteiger partial charge < -0.3 is 15.4 Å². The van der Waals surface area contributed by atoms with Crippen molar-refractivity contribution in [2.75, 3.05) is 23.1 Å². The van der Waals surface area contributed by atoms with Crippen molar-refractivity contribution in [2.45, 2.75) is 51.8 Å². The van der Waals surface area contributed by atoms with Crippen LogP contribution in [0.15, 0.2) is 47.8 Å². The van der Waals surface area contributed by atoms with Crippen LogP contribution < -0.4 is 20.1 Å². The fourth-order valence-corrected chi connectivity index (χ4v) is 4.77. The quantitative estimate of drug-likeness (QED) is 0.309. The molecule has 3 rings (SSSR count). The Bertz CT molecular complexity index is 1080. The normalized spacial score (nSPS) is 18.2. The predicted octanol–water partition coefficient (Wildman–Crippen LogP) is 5.39.